The molecule has 0 unspecified atom stereocenters. The van der Waals surface area contributed by atoms with Gasteiger partial charge in [-0.1, -0.05) is 23.2 Å². The number of pyridine rings is 1. The van der Waals surface area contributed by atoms with Gasteiger partial charge in [-0.15, -0.1) is 0 Å². The predicted molar refractivity (Wildman–Crippen MR) is 75.6 cm³/mol. The highest BCUT2D eigenvalue weighted by Gasteiger charge is 2.11. The second-order valence-electron chi connectivity index (χ2n) is 3.82. The number of anilines is 1. The highest BCUT2D eigenvalue weighted by Crippen LogP contribution is 2.21. The Balaban J connectivity index is 2.20. The topological polar surface area (TPSA) is 79.3 Å². The zero-order valence-corrected chi connectivity index (χ0v) is 11.4. The first kappa shape index (κ1) is 14.3. The number of carboxylic acids is 1. The van der Waals surface area contributed by atoms with Gasteiger partial charge in [-0.3, -0.25) is 4.79 Å². The zero-order chi connectivity index (χ0) is 14.7. The molecule has 0 aliphatic rings. The molecule has 1 aromatic heterocycles. The summed E-state index contributed by atoms with van der Waals surface area (Å²) in [4.78, 5) is 26.5. The lowest BCUT2D eigenvalue weighted by molar-refractivity contribution is 0.0697. The number of carbonyl (C=O) groups excluding carboxylic acids is 1. The van der Waals surface area contributed by atoms with E-state index >= 15 is 0 Å². The first-order valence-corrected chi connectivity index (χ1v) is 6.18. The molecule has 2 N–H and O–H groups in total. The van der Waals surface area contributed by atoms with Crippen LogP contribution < -0.4 is 5.32 Å². The van der Waals surface area contributed by atoms with Gasteiger partial charge in [0.1, 0.15) is 5.15 Å². The molecule has 0 spiro atoms. The molecule has 20 heavy (non-hydrogen) atoms. The number of hydrogen-bond donors (Lipinski definition) is 2. The maximum Gasteiger partial charge on any atom is 0.337 e. The fourth-order valence-corrected chi connectivity index (χ4v) is 1.95. The Kier molecular flexibility index (Phi) is 4.22. The molecule has 1 heterocycles. The van der Waals surface area contributed by atoms with Crippen LogP contribution in [0.2, 0.25) is 10.2 Å². The third kappa shape index (κ3) is 3.26. The van der Waals surface area contributed by atoms with Crippen LogP contribution in [0.4, 0.5) is 5.69 Å². The summed E-state index contributed by atoms with van der Waals surface area (Å²) < 4.78 is 0. The number of halogens is 2. The van der Waals surface area contributed by atoms with E-state index in [1.807, 2.05) is 0 Å². The van der Waals surface area contributed by atoms with Crippen LogP contribution in [0, 0.1) is 0 Å². The van der Waals surface area contributed by atoms with E-state index in [4.69, 9.17) is 28.3 Å². The van der Waals surface area contributed by atoms with Crippen molar-refractivity contribution in [1.82, 2.24) is 4.98 Å². The Morgan fingerprint density at radius 3 is 2.50 bits per heavy atom. The summed E-state index contributed by atoms with van der Waals surface area (Å²) >= 11 is 11.5. The van der Waals surface area contributed by atoms with E-state index in [2.05, 4.69) is 10.3 Å². The molecule has 0 aliphatic carbocycles. The van der Waals surface area contributed by atoms with Crippen molar-refractivity contribution in [3.8, 4) is 0 Å². The fourth-order valence-electron chi connectivity index (χ4n) is 1.51. The number of aromatic carboxylic acids is 1. The first-order valence-electron chi connectivity index (χ1n) is 5.43. The fraction of sp³-hybridized carbons (Fsp3) is 0. The standard InChI is InChI=1S/C13H8Cl2N2O3/c14-10-6-8(1-2-9(10)13(19)20)17-12(18)7-3-4-16-11(15)5-7/h1-6H,(H,17,18)(H,19,20). The lowest BCUT2D eigenvalue weighted by Gasteiger charge is -2.07. The van der Waals surface area contributed by atoms with Gasteiger partial charge in [-0.05, 0) is 30.3 Å². The smallest absolute Gasteiger partial charge is 0.337 e. The van der Waals surface area contributed by atoms with Crippen LogP contribution >= 0.6 is 23.2 Å². The number of carbonyl (C=O) groups is 2. The molecule has 0 saturated heterocycles. The maximum atomic E-state index is 11.9. The van der Waals surface area contributed by atoms with Crippen molar-refractivity contribution < 1.29 is 14.7 Å². The van der Waals surface area contributed by atoms with Gasteiger partial charge in [-0.25, -0.2) is 9.78 Å². The van der Waals surface area contributed by atoms with Crippen LogP contribution in [0.3, 0.4) is 0 Å². The second kappa shape index (κ2) is 5.90. The largest absolute Gasteiger partial charge is 0.478 e. The van der Waals surface area contributed by atoms with Gasteiger partial charge in [0.05, 0.1) is 10.6 Å². The number of hydrogen-bond acceptors (Lipinski definition) is 3. The Labute approximate surface area is 124 Å². The molecule has 2 rings (SSSR count). The number of nitrogens with one attached hydrogen (secondary N) is 1. The van der Waals surface area contributed by atoms with Crippen molar-refractivity contribution in [2.75, 3.05) is 5.32 Å². The minimum atomic E-state index is -1.13. The number of aromatic nitrogens is 1. The molecule has 1 amide bonds. The average Bonchev–Trinajstić information content (AvgIpc) is 2.38. The molecule has 2 aromatic rings. The molecule has 102 valence electrons. The monoisotopic (exact) mass is 310 g/mol. The molecule has 1 aromatic carbocycles. The average molecular weight is 311 g/mol. The SMILES string of the molecule is O=C(Nc1ccc(C(=O)O)c(Cl)c1)c1ccnc(Cl)c1. The van der Waals surface area contributed by atoms with Gasteiger partial charge in [0.15, 0.2) is 0 Å². The lowest BCUT2D eigenvalue weighted by atomic mass is 10.2. The molecule has 0 saturated carbocycles. The Bertz CT molecular complexity index is 689. The molecule has 5 nitrogen and oxygen atoms in total. The number of benzene rings is 1. The summed E-state index contributed by atoms with van der Waals surface area (Å²) in [6.45, 7) is 0. The second-order valence-corrected chi connectivity index (χ2v) is 4.62. The van der Waals surface area contributed by atoms with E-state index in [9.17, 15) is 9.59 Å². The van der Waals surface area contributed by atoms with Crippen molar-refractivity contribution in [1.29, 1.82) is 0 Å². The summed E-state index contributed by atoms with van der Waals surface area (Å²) in [7, 11) is 0. The number of carboxylic acid groups (broad SMARTS) is 1. The van der Waals surface area contributed by atoms with E-state index in [0.717, 1.165) is 0 Å². The highest BCUT2D eigenvalue weighted by atomic mass is 35.5. The first-order chi connectivity index (χ1) is 9.47. The van der Waals surface area contributed by atoms with Crippen LogP contribution in [0.15, 0.2) is 36.5 Å². The molecular weight excluding hydrogens is 303 g/mol. The van der Waals surface area contributed by atoms with E-state index in [1.54, 1.807) is 0 Å². The zero-order valence-electron chi connectivity index (χ0n) is 9.93. The Hall–Kier alpha value is -2.11. The Morgan fingerprint density at radius 2 is 1.90 bits per heavy atom. The molecule has 0 aliphatic heterocycles. The van der Waals surface area contributed by atoms with E-state index in [1.165, 1.54) is 36.5 Å². The van der Waals surface area contributed by atoms with E-state index in [-0.39, 0.29) is 15.7 Å². The quantitative estimate of drug-likeness (QED) is 0.852. The van der Waals surface area contributed by atoms with E-state index < -0.39 is 11.9 Å². The van der Waals surface area contributed by atoms with Gasteiger partial charge in [0, 0.05) is 17.4 Å². The van der Waals surface area contributed by atoms with Crippen LogP contribution in [-0.2, 0) is 0 Å². The summed E-state index contributed by atoms with van der Waals surface area (Å²) in [6.07, 6.45) is 1.41. The number of rotatable bonds is 3. The minimum Gasteiger partial charge on any atom is -0.478 e. The number of nitrogens with zero attached hydrogens (tertiary/aromatic N) is 1. The molecule has 0 radical (unpaired) electrons. The van der Waals surface area contributed by atoms with Gasteiger partial charge >= 0.3 is 5.97 Å². The molecular formula is C13H8Cl2N2O3. The third-order valence-electron chi connectivity index (χ3n) is 2.45. The lowest BCUT2D eigenvalue weighted by Crippen LogP contribution is -2.12. The predicted octanol–water partition coefficient (Wildman–Crippen LogP) is 3.34. The normalized spacial score (nSPS) is 10.1. The van der Waals surface area contributed by atoms with Crippen molar-refractivity contribution in [3.63, 3.8) is 0 Å². The molecule has 0 atom stereocenters. The van der Waals surface area contributed by atoms with Crippen LogP contribution in [0.1, 0.15) is 20.7 Å². The summed E-state index contributed by atoms with van der Waals surface area (Å²) in [5.74, 6) is -1.53. The summed E-state index contributed by atoms with van der Waals surface area (Å²) in [5, 5.41) is 11.7. The summed E-state index contributed by atoms with van der Waals surface area (Å²) in [5.41, 5.74) is 0.693. The molecule has 0 bridgehead atoms. The summed E-state index contributed by atoms with van der Waals surface area (Å²) in [6, 6.07) is 7.07. The van der Waals surface area contributed by atoms with Crippen molar-refractivity contribution in [3.05, 3.63) is 57.8 Å². The van der Waals surface area contributed by atoms with Crippen LogP contribution in [0.5, 0.6) is 0 Å². The van der Waals surface area contributed by atoms with Crippen molar-refractivity contribution in [2.24, 2.45) is 0 Å². The molecule has 7 heteroatoms. The van der Waals surface area contributed by atoms with E-state index in [0.29, 0.717) is 11.3 Å². The highest BCUT2D eigenvalue weighted by molar-refractivity contribution is 6.34. The third-order valence-corrected chi connectivity index (χ3v) is 2.97. The Morgan fingerprint density at radius 1 is 1.15 bits per heavy atom. The molecule has 0 fully saturated rings. The number of amides is 1. The van der Waals surface area contributed by atoms with Gasteiger partial charge in [-0.2, -0.15) is 0 Å². The van der Waals surface area contributed by atoms with Crippen molar-refractivity contribution in [2.45, 2.75) is 0 Å². The maximum absolute atomic E-state index is 11.9. The van der Waals surface area contributed by atoms with Gasteiger partial charge in [0.25, 0.3) is 5.91 Å². The van der Waals surface area contributed by atoms with Gasteiger partial charge < -0.3 is 10.4 Å². The van der Waals surface area contributed by atoms with Crippen LogP contribution in [-0.4, -0.2) is 22.0 Å². The van der Waals surface area contributed by atoms with Crippen LogP contribution in [0.25, 0.3) is 0 Å². The van der Waals surface area contributed by atoms with Crippen molar-refractivity contribution >= 4 is 40.8 Å². The minimum absolute atomic E-state index is 0.0309. The van der Waals surface area contributed by atoms with Gasteiger partial charge in [0.2, 0.25) is 0 Å².